The van der Waals surface area contributed by atoms with Crippen molar-refractivity contribution in [3.8, 4) is 0 Å². The smallest absolute Gasteiger partial charge is 0.274 e. The van der Waals surface area contributed by atoms with Crippen LogP contribution in [0.15, 0.2) is 18.5 Å². The summed E-state index contributed by atoms with van der Waals surface area (Å²) < 4.78 is 9.50. The SMILES string of the molecule is C[C@@H]1Cc2c(C(=O)N3CCC=C(c4cnn(C)c4)C3)nn(C)c2[C@H](C)O1. The minimum absolute atomic E-state index is 0.0117. The molecule has 2 aliphatic heterocycles. The summed E-state index contributed by atoms with van der Waals surface area (Å²) in [7, 11) is 3.79. The molecule has 7 heteroatoms. The predicted molar refractivity (Wildman–Crippen MR) is 97.6 cm³/mol. The third-order valence-corrected chi connectivity index (χ3v) is 5.22. The van der Waals surface area contributed by atoms with Crippen molar-refractivity contribution < 1.29 is 9.53 Å². The number of carbonyl (C=O) groups is 1. The van der Waals surface area contributed by atoms with Crippen molar-refractivity contribution in [1.29, 1.82) is 0 Å². The Bertz CT molecular complexity index is 879. The number of rotatable bonds is 2. The molecule has 0 spiro atoms. The van der Waals surface area contributed by atoms with E-state index in [0.717, 1.165) is 41.8 Å². The maximum atomic E-state index is 13.2. The Kier molecular flexibility index (Phi) is 4.19. The van der Waals surface area contributed by atoms with Crippen molar-refractivity contribution in [2.45, 2.75) is 38.9 Å². The van der Waals surface area contributed by atoms with Crippen molar-refractivity contribution in [1.82, 2.24) is 24.5 Å². The van der Waals surface area contributed by atoms with Gasteiger partial charge in [-0.15, -0.1) is 0 Å². The van der Waals surface area contributed by atoms with Gasteiger partial charge in [0.1, 0.15) is 0 Å². The summed E-state index contributed by atoms with van der Waals surface area (Å²) in [5.74, 6) is 0.0117. The zero-order chi connectivity index (χ0) is 18.4. The lowest BCUT2D eigenvalue weighted by atomic mass is 9.98. The van der Waals surface area contributed by atoms with E-state index in [1.807, 2.05) is 45.2 Å². The molecule has 138 valence electrons. The zero-order valence-corrected chi connectivity index (χ0v) is 15.8. The topological polar surface area (TPSA) is 65.2 Å². The first-order valence-corrected chi connectivity index (χ1v) is 9.12. The van der Waals surface area contributed by atoms with Crippen LogP contribution >= 0.6 is 0 Å². The fourth-order valence-electron chi connectivity index (χ4n) is 4.07. The van der Waals surface area contributed by atoms with Gasteiger partial charge in [0.15, 0.2) is 5.69 Å². The van der Waals surface area contributed by atoms with Crippen LogP contribution in [0.1, 0.15) is 53.7 Å². The molecule has 0 aromatic carbocycles. The molecule has 2 aliphatic rings. The Hall–Kier alpha value is -2.41. The number of aryl methyl sites for hydroxylation is 2. The normalized spacial score (nSPS) is 22.9. The number of nitrogens with zero attached hydrogens (tertiary/aromatic N) is 5. The van der Waals surface area contributed by atoms with Gasteiger partial charge in [-0.3, -0.25) is 14.2 Å². The van der Waals surface area contributed by atoms with Crippen molar-refractivity contribution in [2.24, 2.45) is 14.1 Å². The van der Waals surface area contributed by atoms with Crippen molar-refractivity contribution >= 4 is 11.5 Å². The third-order valence-electron chi connectivity index (χ3n) is 5.22. The lowest BCUT2D eigenvalue weighted by molar-refractivity contribution is -0.00906. The van der Waals surface area contributed by atoms with E-state index < -0.39 is 0 Å². The first-order chi connectivity index (χ1) is 12.4. The van der Waals surface area contributed by atoms with Gasteiger partial charge in [0.2, 0.25) is 0 Å². The minimum Gasteiger partial charge on any atom is -0.369 e. The highest BCUT2D eigenvalue weighted by Crippen LogP contribution is 2.32. The summed E-state index contributed by atoms with van der Waals surface area (Å²) in [5, 5.41) is 8.80. The second-order valence-electron chi connectivity index (χ2n) is 7.28. The van der Waals surface area contributed by atoms with Crippen molar-refractivity contribution in [3.63, 3.8) is 0 Å². The van der Waals surface area contributed by atoms with Gasteiger partial charge < -0.3 is 9.64 Å². The van der Waals surface area contributed by atoms with Crippen LogP contribution < -0.4 is 0 Å². The average molecular weight is 355 g/mol. The van der Waals surface area contributed by atoms with E-state index >= 15 is 0 Å². The Balaban J connectivity index is 1.61. The van der Waals surface area contributed by atoms with Crippen LogP contribution in [0.4, 0.5) is 0 Å². The third kappa shape index (κ3) is 2.86. The van der Waals surface area contributed by atoms with Crippen LogP contribution in [-0.2, 0) is 25.3 Å². The maximum Gasteiger partial charge on any atom is 0.274 e. The average Bonchev–Trinajstić information content (AvgIpc) is 3.18. The largest absolute Gasteiger partial charge is 0.369 e. The van der Waals surface area contributed by atoms with Gasteiger partial charge in [0.25, 0.3) is 5.91 Å². The second kappa shape index (κ2) is 6.39. The summed E-state index contributed by atoms with van der Waals surface area (Å²) in [5.41, 5.74) is 4.86. The first-order valence-electron chi connectivity index (χ1n) is 9.12. The van der Waals surface area contributed by atoms with Crippen LogP contribution in [-0.4, -0.2) is 49.6 Å². The van der Waals surface area contributed by atoms with Crippen molar-refractivity contribution in [2.75, 3.05) is 13.1 Å². The van der Waals surface area contributed by atoms with Gasteiger partial charge in [-0.2, -0.15) is 10.2 Å². The molecule has 2 aromatic rings. The number of carbonyl (C=O) groups excluding carboxylic acids is 1. The van der Waals surface area contributed by atoms with Crippen LogP contribution in [0.2, 0.25) is 0 Å². The van der Waals surface area contributed by atoms with Crippen molar-refractivity contribution in [3.05, 3.63) is 41.0 Å². The molecule has 0 aliphatic carbocycles. The molecule has 2 aromatic heterocycles. The minimum atomic E-state index is -0.0417. The summed E-state index contributed by atoms with van der Waals surface area (Å²) in [4.78, 5) is 15.1. The van der Waals surface area contributed by atoms with E-state index in [4.69, 9.17) is 4.74 Å². The maximum absolute atomic E-state index is 13.2. The molecule has 0 bridgehead atoms. The lowest BCUT2D eigenvalue weighted by Gasteiger charge is -2.28. The highest BCUT2D eigenvalue weighted by Gasteiger charge is 2.33. The highest BCUT2D eigenvalue weighted by molar-refractivity contribution is 5.95. The number of amides is 1. The van der Waals surface area contributed by atoms with E-state index in [0.29, 0.717) is 12.2 Å². The fourth-order valence-corrected chi connectivity index (χ4v) is 4.07. The first kappa shape index (κ1) is 17.0. The molecule has 0 unspecified atom stereocenters. The van der Waals surface area contributed by atoms with Crippen LogP contribution in [0.3, 0.4) is 0 Å². The van der Waals surface area contributed by atoms with Gasteiger partial charge in [-0.25, -0.2) is 0 Å². The Labute approximate surface area is 153 Å². The molecule has 1 amide bonds. The van der Waals surface area contributed by atoms with Gasteiger partial charge in [-0.1, -0.05) is 6.08 Å². The van der Waals surface area contributed by atoms with E-state index in [1.54, 1.807) is 9.36 Å². The summed E-state index contributed by atoms with van der Waals surface area (Å²) in [6.07, 6.45) is 7.67. The van der Waals surface area contributed by atoms with Crippen LogP contribution in [0.5, 0.6) is 0 Å². The predicted octanol–water partition coefficient (Wildman–Crippen LogP) is 2.11. The fraction of sp³-hybridized carbons (Fsp3) is 0.526. The van der Waals surface area contributed by atoms with E-state index in [-0.39, 0.29) is 18.1 Å². The lowest BCUT2D eigenvalue weighted by Crippen LogP contribution is -2.36. The van der Waals surface area contributed by atoms with E-state index in [1.165, 1.54) is 0 Å². The van der Waals surface area contributed by atoms with Gasteiger partial charge in [0, 0.05) is 50.9 Å². The standard InChI is InChI=1S/C19H25N5O2/c1-12-8-16-17(21-23(4)18(16)13(2)26-12)19(25)24-7-5-6-14(11-24)15-9-20-22(3)10-15/h6,9-10,12-13H,5,7-8,11H2,1-4H3/t12-,13+/m1/s1. The molecule has 7 nitrogen and oxygen atoms in total. The summed E-state index contributed by atoms with van der Waals surface area (Å²) in [6, 6.07) is 0. The molecule has 26 heavy (non-hydrogen) atoms. The van der Waals surface area contributed by atoms with E-state index in [2.05, 4.69) is 16.3 Å². The summed E-state index contributed by atoms with van der Waals surface area (Å²) >= 11 is 0. The molecule has 0 saturated carbocycles. The van der Waals surface area contributed by atoms with E-state index in [9.17, 15) is 4.79 Å². The molecule has 4 heterocycles. The molecule has 4 rings (SSSR count). The number of hydrogen-bond donors (Lipinski definition) is 0. The molecule has 0 N–H and O–H groups in total. The molecular weight excluding hydrogens is 330 g/mol. The Morgan fingerprint density at radius 3 is 2.85 bits per heavy atom. The zero-order valence-electron chi connectivity index (χ0n) is 15.8. The number of fused-ring (bicyclic) bond motifs is 1. The molecule has 2 atom stereocenters. The van der Waals surface area contributed by atoms with Crippen LogP contribution in [0.25, 0.3) is 5.57 Å². The van der Waals surface area contributed by atoms with Crippen LogP contribution in [0, 0.1) is 0 Å². The Morgan fingerprint density at radius 1 is 1.31 bits per heavy atom. The van der Waals surface area contributed by atoms with Gasteiger partial charge in [0.05, 0.1) is 24.1 Å². The highest BCUT2D eigenvalue weighted by atomic mass is 16.5. The summed E-state index contributed by atoms with van der Waals surface area (Å²) in [6.45, 7) is 5.38. The monoisotopic (exact) mass is 355 g/mol. The molecule has 0 radical (unpaired) electrons. The molecule has 0 saturated heterocycles. The number of aromatic nitrogens is 4. The van der Waals surface area contributed by atoms with Gasteiger partial charge >= 0.3 is 0 Å². The quantitative estimate of drug-likeness (QED) is 0.828. The molecular formula is C19H25N5O2. The second-order valence-corrected chi connectivity index (χ2v) is 7.28. The molecule has 0 fully saturated rings. The van der Waals surface area contributed by atoms with Gasteiger partial charge in [-0.05, 0) is 25.8 Å². The Morgan fingerprint density at radius 2 is 2.12 bits per heavy atom. The number of hydrogen-bond acceptors (Lipinski definition) is 4. The number of ether oxygens (including phenoxy) is 1.